The van der Waals surface area contributed by atoms with E-state index in [0.29, 0.717) is 5.92 Å². The Hall–Kier alpha value is -2.95. The van der Waals surface area contributed by atoms with Crippen molar-refractivity contribution in [1.82, 2.24) is 10.6 Å². The lowest BCUT2D eigenvalue weighted by atomic mass is 9.77. The molecule has 0 spiro atoms. The SMILES string of the molecule is CC1CN[C@H](C(=O)N[C@H](c2ccccc2)C(O)(c2ccccc2)c2ccccc2)C1. The number of nitrogens with one attached hydrogen (secondary N) is 2. The van der Waals surface area contributed by atoms with Crippen LogP contribution < -0.4 is 10.6 Å². The first-order valence-electron chi connectivity index (χ1n) is 10.5. The molecular formula is C26H28N2O2. The largest absolute Gasteiger partial charge is 0.378 e. The highest BCUT2D eigenvalue weighted by Gasteiger charge is 2.43. The third kappa shape index (κ3) is 4.02. The van der Waals surface area contributed by atoms with Gasteiger partial charge in [0.2, 0.25) is 5.91 Å². The summed E-state index contributed by atoms with van der Waals surface area (Å²) in [4.78, 5) is 13.2. The predicted octanol–water partition coefficient (Wildman–Crippen LogP) is 3.78. The van der Waals surface area contributed by atoms with E-state index in [9.17, 15) is 9.90 Å². The van der Waals surface area contributed by atoms with E-state index in [1.807, 2.05) is 91.0 Å². The number of rotatable bonds is 6. The van der Waals surface area contributed by atoms with Gasteiger partial charge in [0.1, 0.15) is 5.60 Å². The van der Waals surface area contributed by atoms with Crippen molar-refractivity contribution >= 4 is 5.91 Å². The molecule has 4 nitrogen and oxygen atoms in total. The molecule has 3 N–H and O–H groups in total. The van der Waals surface area contributed by atoms with Gasteiger partial charge in [0.15, 0.2) is 0 Å². The minimum Gasteiger partial charge on any atom is -0.378 e. The Morgan fingerprint density at radius 3 is 1.90 bits per heavy atom. The molecule has 4 rings (SSSR count). The Kier molecular flexibility index (Phi) is 5.98. The maximum atomic E-state index is 13.2. The normalized spacial score (nSPS) is 19.9. The first-order valence-corrected chi connectivity index (χ1v) is 10.5. The standard InChI is InChI=1S/C26H28N2O2/c1-19-17-23(27-18-19)25(29)28-24(20-11-5-2-6-12-20)26(30,21-13-7-3-8-14-21)22-15-9-4-10-16-22/h2-16,19,23-24,27,30H,17-18H2,1H3,(H,28,29)/t19?,23-,24+/m0/s1. The molecule has 30 heavy (non-hydrogen) atoms. The first-order chi connectivity index (χ1) is 14.6. The van der Waals surface area contributed by atoms with Crippen molar-refractivity contribution in [1.29, 1.82) is 0 Å². The van der Waals surface area contributed by atoms with E-state index in [2.05, 4.69) is 17.6 Å². The molecule has 0 bridgehead atoms. The topological polar surface area (TPSA) is 61.4 Å². The number of benzene rings is 3. The molecule has 0 saturated carbocycles. The average Bonchev–Trinajstić information content (AvgIpc) is 3.25. The Morgan fingerprint density at radius 2 is 1.43 bits per heavy atom. The van der Waals surface area contributed by atoms with Gasteiger partial charge >= 0.3 is 0 Å². The van der Waals surface area contributed by atoms with E-state index in [1.54, 1.807) is 0 Å². The molecule has 0 radical (unpaired) electrons. The molecule has 1 unspecified atom stereocenters. The highest BCUT2D eigenvalue weighted by atomic mass is 16.3. The third-order valence-electron chi connectivity index (χ3n) is 5.93. The van der Waals surface area contributed by atoms with Gasteiger partial charge < -0.3 is 15.7 Å². The van der Waals surface area contributed by atoms with E-state index in [4.69, 9.17) is 0 Å². The molecule has 1 fully saturated rings. The van der Waals surface area contributed by atoms with Crippen molar-refractivity contribution < 1.29 is 9.90 Å². The van der Waals surface area contributed by atoms with Gasteiger partial charge in [0.25, 0.3) is 0 Å². The Balaban J connectivity index is 1.81. The summed E-state index contributed by atoms with van der Waals surface area (Å²) in [7, 11) is 0. The lowest BCUT2D eigenvalue weighted by molar-refractivity contribution is -0.125. The lowest BCUT2D eigenvalue weighted by Gasteiger charge is -2.38. The van der Waals surface area contributed by atoms with Crippen LogP contribution in [-0.2, 0) is 10.4 Å². The fourth-order valence-electron chi connectivity index (χ4n) is 4.31. The zero-order valence-corrected chi connectivity index (χ0v) is 17.2. The summed E-state index contributed by atoms with van der Waals surface area (Å²) in [6.07, 6.45) is 0.794. The summed E-state index contributed by atoms with van der Waals surface area (Å²) >= 11 is 0. The molecule has 3 aromatic rings. The second kappa shape index (κ2) is 8.82. The fourth-order valence-corrected chi connectivity index (χ4v) is 4.31. The van der Waals surface area contributed by atoms with Crippen LogP contribution in [0.15, 0.2) is 91.0 Å². The van der Waals surface area contributed by atoms with Crippen molar-refractivity contribution in [2.24, 2.45) is 5.92 Å². The molecule has 1 aliphatic heterocycles. The first kappa shape index (κ1) is 20.3. The number of aliphatic hydroxyl groups is 1. The number of hydrogen-bond acceptors (Lipinski definition) is 3. The zero-order valence-electron chi connectivity index (χ0n) is 17.2. The molecule has 0 aromatic heterocycles. The molecule has 1 aliphatic rings. The molecule has 0 aliphatic carbocycles. The molecular weight excluding hydrogens is 372 g/mol. The molecule has 154 valence electrons. The van der Waals surface area contributed by atoms with Crippen molar-refractivity contribution in [3.63, 3.8) is 0 Å². The maximum Gasteiger partial charge on any atom is 0.237 e. The molecule has 3 aromatic carbocycles. The van der Waals surface area contributed by atoms with E-state index in [1.165, 1.54) is 0 Å². The zero-order chi connectivity index (χ0) is 21.0. The van der Waals surface area contributed by atoms with Crippen LogP contribution >= 0.6 is 0 Å². The van der Waals surface area contributed by atoms with E-state index >= 15 is 0 Å². The van der Waals surface area contributed by atoms with Gasteiger partial charge in [-0.1, -0.05) is 97.9 Å². The molecule has 1 heterocycles. The average molecular weight is 401 g/mol. The smallest absolute Gasteiger partial charge is 0.237 e. The summed E-state index contributed by atoms with van der Waals surface area (Å²) in [5.74, 6) is 0.372. The highest BCUT2D eigenvalue weighted by Crippen LogP contribution is 2.41. The molecule has 1 saturated heterocycles. The van der Waals surface area contributed by atoms with Crippen molar-refractivity contribution in [3.05, 3.63) is 108 Å². The van der Waals surface area contributed by atoms with Crippen LogP contribution in [0.5, 0.6) is 0 Å². The van der Waals surface area contributed by atoms with Gasteiger partial charge in [-0.3, -0.25) is 4.79 Å². The number of carbonyl (C=O) groups is 1. The summed E-state index contributed by atoms with van der Waals surface area (Å²) in [6, 6.07) is 27.9. The number of carbonyl (C=O) groups excluding carboxylic acids is 1. The summed E-state index contributed by atoms with van der Waals surface area (Å²) in [6.45, 7) is 2.97. The predicted molar refractivity (Wildman–Crippen MR) is 119 cm³/mol. The number of amides is 1. The second-order valence-corrected chi connectivity index (χ2v) is 8.15. The van der Waals surface area contributed by atoms with Gasteiger partial charge in [-0.05, 0) is 35.6 Å². The minimum atomic E-state index is -1.43. The molecule has 4 heteroatoms. The van der Waals surface area contributed by atoms with E-state index in [0.717, 1.165) is 29.7 Å². The van der Waals surface area contributed by atoms with Gasteiger partial charge in [-0.15, -0.1) is 0 Å². The lowest BCUT2D eigenvalue weighted by Crippen LogP contribution is -2.49. The van der Waals surface area contributed by atoms with Gasteiger partial charge in [-0.2, -0.15) is 0 Å². The van der Waals surface area contributed by atoms with Gasteiger partial charge in [-0.25, -0.2) is 0 Å². The summed E-state index contributed by atoms with van der Waals surface area (Å²) < 4.78 is 0. The van der Waals surface area contributed by atoms with Crippen molar-refractivity contribution in [2.45, 2.75) is 31.0 Å². The highest BCUT2D eigenvalue weighted by molar-refractivity contribution is 5.82. The summed E-state index contributed by atoms with van der Waals surface area (Å²) in [5, 5.41) is 18.8. The number of hydrogen-bond donors (Lipinski definition) is 3. The van der Waals surface area contributed by atoms with Crippen LogP contribution in [0.4, 0.5) is 0 Å². The quantitative estimate of drug-likeness (QED) is 0.590. The molecule has 1 amide bonds. The maximum absolute atomic E-state index is 13.2. The minimum absolute atomic E-state index is 0.0847. The van der Waals surface area contributed by atoms with Crippen molar-refractivity contribution in [3.8, 4) is 0 Å². The van der Waals surface area contributed by atoms with Crippen LogP contribution in [-0.4, -0.2) is 23.6 Å². The third-order valence-corrected chi connectivity index (χ3v) is 5.93. The Labute approximate surface area is 178 Å². The monoisotopic (exact) mass is 400 g/mol. The van der Waals surface area contributed by atoms with Crippen LogP contribution in [0.1, 0.15) is 36.1 Å². The van der Waals surface area contributed by atoms with E-state index in [-0.39, 0.29) is 11.9 Å². The van der Waals surface area contributed by atoms with Gasteiger partial charge in [0.05, 0.1) is 12.1 Å². The Bertz CT molecular complexity index is 921. The second-order valence-electron chi connectivity index (χ2n) is 8.15. The van der Waals surface area contributed by atoms with Crippen LogP contribution in [0.3, 0.4) is 0 Å². The van der Waals surface area contributed by atoms with Gasteiger partial charge in [0, 0.05) is 0 Å². The van der Waals surface area contributed by atoms with E-state index < -0.39 is 11.6 Å². The van der Waals surface area contributed by atoms with Crippen LogP contribution in [0, 0.1) is 5.92 Å². The van der Waals surface area contributed by atoms with Crippen LogP contribution in [0.25, 0.3) is 0 Å². The Morgan fingerprint density at radius 1 is 0.933 bits per heavy atom. The van der Waals surface area contributed by atoms with Crippen LogP contribution in [0.2, 0.25) is 0 Å². The summed E-state index contributed by atoms with van der Waals surface area (Å²) in [5.41, 5.74) is 0.896. The fraction of sp³-hybridized carbons (Fsp3) is 0.269. The molecule has 3 atom stereocenters. The van der Waals surface area contributed by atoms with Crippen molar-refractivity contribution in [2.75, 3.05) is 6.54 Å².